The Morgan fingerprint density at radius 3 is 1.60 bits per heavy atom. The van der Waals surface area contributed by atoms with Crippen molar-refractivity contribution in [2.75, 3.05) is 23.7 Å². The number of carbonyl (C=O) groups excluding carboxylic acids is 2. The van der Waals surface area contributed by atoms with Gasteiger partial charge >= 0.3 is 0 Å². The SMILES string of the molecule is Cc1cc(-c2cnc3c(NCC(C)(C)O)cc(-c4ccc(F)cc4C)nn23)ccc1C(=O)NC1CC1.Cc1cc(-c2cnc3c(NCC(C)(C)O)cc(Cl)nn23)ccc1C(=O)NC1CC1. The lowest BCUT2D eigenvalue weighted by atomic mass is 10.0. The van der Waals surface area contributed by atoms with Crippen molar-refractivity contribution in [1.82, 2.24) is 39.8 Å². The highest BCUT2D eigenvalue weighted by Crippen LogP contribution is 2.32. The summed E-state index contributed by atoms with van der Waals surface area (Å²) in [6.45, 7) is 13.2. The number of hydrogen-bond donors (Lipinski definition) is 6. The van der Waals surface area contributed by atoms with E-state index in [1.807, 2.05) is 63.2 Å². The van der Waals surface area contributed by atoms with Crippen molar-refractivity contribution < 1.29 is 24.2 Å². The van der Waals surface area contributed by atoms with E-state index in [9.17, 15) is 24.2 Å². The molecule has 9 rings (SSSR count). The standard InChI is InChI=1S/C28H30FN5O2.C21H24ClN5O2/c1-16-11-18(5-9-22(16)27(35)32-20-7-8-20)25-14-30-26-24(31-15-28(3,4)36)13-23(33-34(25)26)21-10-6-19(29)12-17(21)2;1-12-8-13(4-7-15(12)20(28)25-14-5-6-14)17-10-23-19-16(24-11-21(2,3)29)9-18(22)26-27(17)19/h5-6,9-14,20,31,36H,7-8,15H2,1-4H3,(H,32,35);4,7-10,14,24,29H,5-6,11H2,1-3H3,(H,25,28). The van der Waals surface area contributed by atoms with Crippen molar-refractivity contribution in [3.05, 3.63) is 118 Å². The van der Waals surface area contributed by atoms with Crippen LogP contribution >= 0.6 is 11.6 Å². The number of halogens is 2. The van der Waals surface area contributed by atoms with E-state index < -0.39 is 11.2 Å². The van der Waals surface area contributed by atoms with Gasteiger partial charge in [0.15, 0.2) is 16.4 Å². The summed E-state index contributed by atoms with van der Waals surface area (Å²) in [7, 11) is 0. The number of fused-ring (bicyclic) bond motifs is 2. The number of aliphatic hydroxyl groups is 2. The number of aryl methyl sites for hydroxylation is 3. The molecular weight excluding hydrogens is 847 g/mol. The highest BCUT2D eigenvalue weighted by molar-refractivity contribution is 6.29. The Labute approximate surface area is 381 Å². The van der Waals surface area contributed by atoms with Gasteiger partial charge in [0, 0.05) is 59.1 Å². The van der Waals surface area contributed by atoms with Gasteiger partial charge in [-0.2, -0.15) is 10.2 Å². The van der Waals surface area contributed by atoms with Crippen LogP contribution in [0.3, 0.4) is 0 Å². The molecule has 2 aliphatic carbocycles. The molecule has 2 fully saturated rings. The maximum absolute atomic E-state index is 13.8. The summed E-state index contributed by atoms with van der Waals surface area (Å²) in [5, 5.41) is 42.4. The van der Waals surface area contributed by atoms with Crippen LogP contribution in [0, 0.1) is 26.6 Å². The molecule has 2 saturated carbocycles. The van der Waals surface area contributed by atoms with Crippen LogP contribution in [0.2, 0.25) is 5.15 Å². The Morgan fingerprint density at radius 1 is 0.677 bits per heavy atom. The minimum atomic E-state index is -0.935. The van der Waals surface area contributed by atoms with Crippen molar-refractivity contribution in [3.8, 4) is 33.8 Å². The molecule has 2 amide bonds. The van der Waals surface area contributed by atoms with Crippen molar-refractivity contribution in [2.45, 2.75) is 97.4 Å². The molecule has 4 heterocycles. The van der Waals surface area contributed by atoms with Crippen LogP contribution in [0.4, 0.5) is 15.8 Å². The first-order valence-electron chi connectivity index (χ1n) is 21.8. The molecule has 338 valence electrons. The Kier molecular flexibility index (Phi) is 12.4. The van der Waals surface area contributed by atoms with E-state index in [2.05, 4.69) is 36.3 Å². The van der Waals surface area contributed by atoms with Crippen LogP contribution in [0.1, 0.15) is 90.8 Å². The molecule has 2 aliphatic rings. The van der Waals surface area contributed by atoms with Gasteiger partial charge in [0.1, 0.15) is 5.82 Å². The molecular formula is C49H54ClFN10O4. The van der Waals surface area contributed by atoms with Gasteiger partial charge in [0.05, 0.1) is 52.1 Å². The molecule has 0 unspecified atom stereocenters. The van der Waals surface area contributed by atoms with Crippen molar-refractivity contribution in [2.24, 2.45) is 0 Å². The number of anilines is 2. The van der Waals surface area contributed by atoms with Crippen LogP contribution < -0.4 is 21.3 Å². The molecule has 6 N–H and O–H groups in total. The zero-order valence-corrected chi connectivity index (χ0v) is 38.3. The molecule has 0 bridgehead atoms. The summed E-state index contributed by atoms with van der Waals surface area (Å²) in [6, 6.07) is 20.2. The third kappa shape index (κ3) is 10.8. The summed E-state index contributed by atoms with van der Waals surface area (Å²) in [6.07, 6.45) is 7.66. The topological polar surface area (TPSA) is 183 Å². The smallest absolute Gasteiger partial charge is 0.251 e. The lowest BCUT2D eigenvalue weighted by Gasteiger charge is -2.19. The third-order valence-corrected chi connectivity index (χ3v) is 11.3. The Hall–Kier alpha value is -6.42. The number of benzene rings is 3. The van der Waals surface area contributed by atoms with Crippen molar-refractivity contribution in [1.29, 1.82) is 0 Å². The van der Waals surface area contributed by atoms with Crippen LogP contribution in [-0.4, -0.2) is 87.6 Å². The summed E-state index contributed by atoms with van der Waals surface area (Å²) in [5.74, 6) is -0.388. The average molecular weight is 901 g/mol. The highest BCUT2D eigenvalue weighted by Gasteiger charge is 2.26. The van der Waals surface area contributed by atoms with Gasteiger partial charge in [-0.15, -0.1) is 0 Å². The summed E-state index contributed by atoms with van der Waals surface area (Å²) < 4.78 is 17.2. The highest BCUT2D eigenvalue weighted by atomic mass is 35.5. The predicted molar refractivity (Wildman–Crippen MR) is 252 cm³/mol. The largest absolute Gasteiger partial charge is 0.389 e. The van der Waals surface area contributed by atoms with Gasteiger partial charge in [-0.3, -0.25) is 9.59 Å². The number of aromatic nitrogens is 6. The van der Waals surface area contributed by atoms with Crippen LogP contribution in [0.15, 0.2) is 79.1 Å². The predicted octanol–water partition coefficient (Wildman–Crippen LogP) is 8.33. The lowest BCUT2D eigenvalue weighted by Crippen LogP contribution is -2.29. The first-order valence-corrected chi connectivity index (χ1v) is 22.1. The van der Waals surface area contributed by atoms with Gasteiger partial charge in [-0.25, -0.2) is 23.4 Å². The van der Waals surface area contributed by atoms with E-state index >= 15 is 0 Å². The summed E-state index contributed by atoms with van der Waals surface area (Å²) in [5.41, 5.74) is 9.38. The van der Waals surface area contributed by atoms with E-state index in [4.69, 9.17) is 16.7 Å². The molecule has 0 spiro atoms. The number of hydrogen-bond acceptors (Lipinski definition) is 10. The van der Waals surface area contributed by atoms with Gasteiger partial charge < -0.3 is 31.5 Å². The zero-order valence-electron chi connectivity index (χ0n) is 37.6. The molecule has 0 radical (unpaired) electrons. The molecule has 0 saturated heterocycles. The maximum atomic E-state index is 13.8. The number of amides is 2. The first-order chi connectivity index (χ1) is 30.8. The van der Waals surface area contributed by atoms with E-state index in [1.54, 1.807) is 61.3 Å². The maximum Gasteiger partial charge on any atom is 0.251 e. The Balaban J connectivity index is 0.000000181. The average Bonchev–Trinajstić information content (AvgIpc) is 4.15. The molecule has 16 heteroatoms. The van der Waals surface area contributed by atoms with Gasteiger partial charge in [0.2, 0.25) is 0 Å². The number of imidazole rings is 2. The normalized spacial score (nSPS) is 14.0. The van der Waals surface area contributed by atoms with E-state index in [-0.39, 0.29) is 17.6 Å². The van der Waals surface area contributed by atoms with Crippen LogP contribution in [-0.2, 0) is 0 Å². The van der Waals surface area contributed by atoms with Gasteiger partial charge in [0.25, 0.3) is 11.8 Å². The van der Waals surface area contributed by atoms with Crippen molar-refractivity contribution in [3.63, 3.8) is 0 Å². The molecule has 7 aromatic rings. The summed E-state index contributed by atoms with van der Waals surface area (Å²) in [4.78, 5) is 34.1. The quantitative estimate of drug-likeness (QED) is 0.0658. The lowest BCUT2D eigenvalue weighted by molar-refractivity contribution is 0.0939. The zero-order chi connectivity index (χ0) is 46.4. The fourth-order valence-corrected chi connectivity index (χ4v) is 7.55. The second-order valence-electron chi connectivity index (χ2n) is 18.4. The van der Waals surface area contributed by atoms with Gasteiger partial charge in [-0.05, 0) is 139 Å². The molecule has 3 aromatic carbocycles. The molecule has 65 heavy (non-hydrogen) atoms. The second-order valence-corrected chi connectivity index (χ2v) is 18.8. The van der Waals surface area contributed by atoms with Gasteiger partial charge in [-0.1, -0.05) is 23.7 Å². The fourth-order valence-electron chi connectivity index (χ4n) is 7.37. The van der Waals surface area contributed by atoms with Crippen LogP contribution in [0.25, 0.3) is 45.1 Å². The number of nitrogens with one attached hydrogen (secondary N) is 4. The Bertz CT molecular complexity index is 2940. The van der Waals surface area contributed by atoms with E-state index in [1.165, 1.54) is 12.1 Å². The second kappa shape index (κ2) is 17.9. The van der Waals surface area contributed by atoms with Crippen LogP contribution in [0.5, 0.6) is 0 Å². The number of rotatable bonds is 13. The molecule has 0 aliphatic heterocycles. The minimum Gasteiger partial charge on any atom is -0.389 e. The molecule has 0 atom stereocenters. The van der Waals surface area contributed by atoms with Crippen molar-refractivity contribution >= 4 is 46.1 Å². The fraction of sp³-hybridized carbons (Fsp3) is 0.347. The monoisotopic (exact) mass is 900 g/mol. The number of nitrogens with zero attached hydrogens (tertiary/aromatic N) is 6. The molecule has 4 aromatic heterocycles. The minimum absolute atomic E-state index is 0.0334. The van der Waals surface area contributed by atoms with E-state index in [0.717, 1.165) is 70.5 Å². The third-order valence-electron chi connectivity index (χ3n) is 11.2. The first kappa shape index (κ1) is 45.2. The van der Waals surface area contributed by atoms with E-state index in [0.29, 0.717) is 69.8 Å². The summed E-state index contributed by atoms with van der Waals surface area (Å²) >= 11 is 6.23. The Morgan fingerprint density at radius 2 is 1.15 bits per heavy atom. The molecule has 14 nitrogen and oxygen atoms in total. The number of carbonyl (C=O) groups is 2.